The van der Waals surface area contributed by atoms with Crippen molar-refractivity contribution in [3.8, 4) is 0 Å². The fraction of sp³-hybridized carbons (Fsp3) is 0.417. The largest absolute Gasteiger partial charge is 0.416 e. The maximum absolute atomic E-state index is 12.8. The summed E-state index contributed by atoms with van der Waals surface area (Å²) >= 11 is 0.910. The zero-order chi connectivity index (χ0) is 15.5. The number of alkyl halides is 6. The third kappa shape index (κ3) is 2.54. The first-order valence-corrected chi connectivity index (χ1v) is 6.75. The molecule has 21 heavy (non-hydrogen) atoms. The average molecular weight is 326 g/mol. The molecule has 1 fully saturated rings. The summed E-state index contributed by atoms with van der Waals surface area (Å²) in [4.78, 5) is 3.83. The zero-order valence-corrected chi connectivity index (χ0v) is 11.1. The predicted octanol–water partition coefficient (Wildman–Crippen LogP) is 4.82. The minimum absolute atomic E-state index is 0.0147. The maximum atomic E-state index is 12.8. The van der Waals surface area contributed by atoms with Crippen molar-refractivity contribution < 1.29 is 26.3 Å². The van der Waals surface area contributed by atoms with Gasteiger partial charge in [0.1, 0.15) is 5.54 Å². The Balaban J connectivity index is 1.92. The van der Waals surface area contributed by atoms with Gasteiger partial charge in [-0.2, -0.15) is 26.3 Å². The summed E-state index contributed by atoms with van der Waals surface area (Å²) in [6, 6.07) is 2.94. The van der Waals surface area contributed by atoms with Gasteiger partial charge in [0, 0.05) is 0 Å². The van der Waals surface area contributed by atoms with Gasteiger partial charge in [0.25, 0.3) is 0 Å². The second kappa shape index (κ2) is 4.25. The highest BCUT2D eigenvalue weighted by molar-refractivity contribution is 7.22. The van der Waals surface area contributed by atoms with Gasteiger partial charge < -0.3 is 5.32 Å². The number of fused-ring (bicyclic) bond motifs is 1. The lowest BCUT2D eigenvalue weighted by molar-refractivity contribution is -0.151. The van der Waals surface area contributed by atoms with Crippen LogP contribution in [-0.4, -0.2) is 16.7 Å². The standard InChI is InChI=1S/C12H8F6N2S/c13-11(14,15)6-1-2-8-7(5-6)19-9(21-8)20-10(3-4-10)12(16,17)18/h1-2,5H,3-4H2,(H,19,20). The van der Waals surface area contributed by atoms with E-state index in [-0.39, 0.29) is 23.5 Å². The van der Waals surface area contributed by atoms with Crippen LogP contribution in [0, 0.1) is 0 Å². The Labute approximate surface area is 118 Å². The van der Waals surface area contributed by atoms with Crippen LogP contribution in [0.4, 0.5) is 31.5 Å². The molecule has 0 saturated heterocycles. The quantitative estimate of drug-likeness (QED) is 0.800. The molecule has 1 heterocycles. The van der Waals surface area contributed by atoms with Crippen molar-refractivity contribution in [2.75, 3.05) is 5.32 Å². The molecule has 2 aromatic rings. The molecule has 9 heteroatoms. The molecule has 2 nitrogen and oxygen atoms in total. The summed E-state index contributed by atoms with van der Waals surface area (Å²) in [5.41, 5.74) is -2.81. The first-order chi connectivity index (χ1) is 9.61. The Morgan fingerprint density at radius 1 is 1.10 bits per heavy atom. The topological polar surface area (TPSA) is 24.9 Å². The van der Waals surface area contributed by atoms with E-state index >= 15 is 0 Å². The number of rotatable bonds is 2. The molecule has 1 aliphatic carbocycles. The molecule has 0 unspecified atom stereocenters. The molecule has 1 aromatic carbocycles. The van der Waals surface area contributed by atoms with E-state index in [1.165, 1.54) is 6.07 Å². The van der Waals surface area contributed by atoms with Crippen LogP contribution in [-0.2, 0) is 6.18 Å². The molecular formula is C12H8F6N2S. The van der Waals surface area contributed by atoms with Gasteiger partial charge in [0.2, 0.25) is 0 Å². The Kier molecular flexibility index (Phi) is 2.92. The Hall–Kier alpha value is -1.51. The Morgan fingerprint density at radius 2 is 1.76 bits per heavy atom. The number of anilines is 1. The second-order valence-corrected chi connectivity index (χ2v) is 5.93. The maximum Gasteiger partial charge on any atom is 0.416 e. The first-order valence-electron chi connectivity index (χ1n) is 5.93. The van der Waals surface area contributed by atoms with Crippen LogP contribution in [0.1, 0.15) is 18.4 Å². The van der Waals surface area contributed by atoms with Crippen molar-refractivity contribution in [1.82, 2.24) is 4.98 Å². The normalized spacial score (nSPS) is 18.0. The number of aromatic nitrogens is 1. The van der Waals surface area contributed by atoms with Crippen LogP contribution in [0.5, 0.6) is 0 Å². The molecule has 0 atom stereocenters. The van der Waals surface area contributed by atoms with E-state index in [0.717, 1.165) is 23.5 Å². The van der Waals surface area contributed by atoms with E-state index in [4.69, 9.17) is 0 Å². The minimum Gasteiger partial charge on any atom is -0.347 e. The van der Waals surface area contributed by atoms with Crippen molar-refractivity contribution in [2.24, 2.45) is 0 Å². The molecule has 1 aliphatic rings. The molecule has 1 N–H and O–H groups in total. The van der Waals surface area contributed by atoms with E-state index in [0.29, 0.717) is 4.70 Å². The van der Waals surface area contributed by atoms with Gasteiger partial charge in [0.05, 0.1) is 15.8 Å². The number of thiazole rings is 1. The van der Waals surface area contributed by atoms with Crippen LogP contribution >= 0.6 is 11.3 Å². The molecule has 0 aliphatic heterocycles. The third-order valence-corrected chi connectivity index (χ3v) is 4.31. The highest BCUT2D eigenvalue weighted by Gasteiger charge is 2.63. The molecule has 3 rings (SSSR count). The summed E-state index contributed by atoms with van der Waals surface area (Å²) in [6.07, 6.45) is -9.02. The van der Waals surface area contributed by atoms with Crippen LogP contribution in [0.25, 0.3) is 10.2 Å². The van der Waals surface area contributed by atoms with Gasteiger partial charge in [-0.3, -0.25) is 0 Å². The summed E-state index contributed by atoms with van der Waals surface area (Å²) in [5.74, 6) is 0. The fourth-order valence-electron chi connectivity index (χ4n) is 1.97. The SMILES string of the molecule is FC(F)(F)c1ccc2sc(NC3(C(F)(F)F)CC3)nc2c1. The van der Waals surface area contributed by atoms with Gasteiger partial charge in [-0.25, -0.2) is 4.98 Å². The van der Waals surface area contributed by atoms with Gasteiger partial charge >= 0.3 is 12.4 Å². The minimum atomic E-state index is -4.50. The first kappa shape index (κ1) is 14.4. The van der Waals surface area contributed by atoms with Gasteiger partial charge in [-0.05, 0) is 31.0 Å². The lowest BCUT2D eigenvalue weighted by atomic mass is 10.2. The molecule has 0 amide bonds. The molecule has 0 spiro atoms. The number of hydrogen-bond donors (Lipinski definition) is 1. The summed E-state index contributed by atoms with van der Waals surface area (Å²) < 4.78 is 76.6. The smallest absolute Gasteiger partial charge is 0.347 e. The molecule has 1 aromatic heterocycles. The lowest BCUT2D eigenvalue weighted by Crippen LogP contribution is -2.38. The van der Waals surface area contributed by atoms with Gasteiger partial charge in [0.15, 0.2) is 5.13 Å². The molecular weight excluding hydrogens is 318 g/mol. The van der Waals surface area contributed by atoms with Gasteiger partial charge in [-0.15, -0.1) is 0 Å². The van der Waals surface area contributed by atoms with Crippen LogP contribution in [0.3, 0.4) is 0 Å². The summed E-state index contributed by atoms with van der Waals surface area (Å²) in [5, 5.41) is 2.30. The highest BCUT2D eigenvalue weighted by atomic mass is 32.1. The Bertz CT molecular complexity index is 683. The van der Waals surface area contributed by atoms with Crippen molar-refractivity contribution in [3.05, 3.63) is 23.8 Å². The predicted molar refractivity (Wildman–Crippen MR) is 66.3 cm³/mol. The van der Waals surface area contributed by atoms with E-state index in [1.807, 2.05) is 0 Å². The van der Waals surface area contributed by atoms with Crippen LogP contribution in [0.2, 0.25) is 0 Å². The van der Waals surface area contributed by atoms with Gasteiger partial charge in [-0.1, -0.05) is 11.3 Å². The van der Waals surface area contributed by atoms with E-state index in [9.17, 15) is 26.3 Å². The molecule has 0 bridgehead atoms. The van der Waals surface area contributed by atoms with E-state index < -0.39 is 23.5 Å². The van der Waals surface area contributed by atoms with Crippen molar-refractivity contribution in [3.63, 3.8) is 0 Å². The number of nitrogens with zero attached hydrogens (tertiary/aromatic N) is 1. The fourth-order valence-corrected chi connectivity index (χ4v) is 2.91. The van der Waals surface area contributed by atoms with E-state index in [1.54, 1.807) is 0 Å². The second-order valence-electron chi connectivity index (χ2n) is 4.90. The van der Waals surface area contributed by atoms with E-state index in [2.05, 4.69) is 10.3 Å². The highest BCUT2D eigenvalue weighted by Crippen LogP contribution is 2.51. The van der Waals surface area contributed by atoms with Crippen LogP contribution < -0.4 is 5.32 Å². The number of nitrogens with one attached hydrogen (secondary N) is 1. The monoisotopic (exact) mass is 326 g/mol. The van der Waals surface area contributed by atoms with Crippen molar-refractivity contribution in [2.45, 2.75) is 30.7 Å². The number of halogens is 6. The molecule has 0 radical (unpaired) electrons. The Morgan fingerprint density at radius 3 is 2.29 bits per heavy atom. The average Bonchev–Trinajstić information content (AvgIpc) is 3.01. The number of benzene rings is 1. The molecule has 1 saturated carbocycles. The van der Waals surface area contributed by atoms with Crippen molar-refractivity contribution >= 4 is 26.7 Å². The molecule has 114 valence electrons. The third-order valence-electron chi connectivity index (χ3n) is 3.35. The van der Waals surface area contributed by atoms with Crippen LogP contribution in [0.15, 0.2) is 18.2 Å². The lowest BCUT2D eigenvalue weighted by Gasteiger charge is -2.19. The van der Waals surface area contributed by atoms with Crippen molar-refractivity contribution in [1.29, 1.82) is 0 Å². The summed E-state index contributed by atoms with van der Waals surface area (Å²) in [6.45, 7) is 0. The summed E-state index contributed by atoms with van der Waals surface area (Å²) in [7, 11) is 0. The number of hydrogen-bond acceptors (Lipinski definition) is 3. The zero-order valence-electron chi connectivity index (χ0n) is 10.3.